The predicted molar refractivity (Wildman–Crippen MR) is 83.8 cm³/mol. The number of likely N-dealkylation sites (N-methyl/N-ethyl adjacent to an activating group) is 1. The van der Waals surface area contributed by atoms with Crippen molar-refractivity contribution < 1.29 is 9.53 Å². The van der Waals surface area contributed by atoms with Crippen LogP contribution in [0.15, 0.2) is 30.3 Å². The van der Waals surface area contributed by atoms with Crippen molar-refractivity contribution in [3.8, 4) is 0 Å². The van der Waals surface area contributed by atoms with Crippen LogP contribution in [-0.2, 0) is 15.1 Å². The minimum atomic E-state index is -1.12. The number of nitrogens with zero attached hydrogens (tertiary/aromatic N) is 1. The normalized spacial score (nSPS) is 19.1. The Morgan fingerprint density at radius 3 is 2.57 bits per heavy atom. The maximum absolute atomic E-state index is 12.4. The number of esters is 1. The third kappa shape index (κ3) is 3.63. The van der Waals surface area contributed by atoms with Crippen LogP contribution in [0, 0.1) is 5.92 Å². The van der Waals surface area contributed by atoms with Gasteiger partial charge in [0.2, 0.25) is 0 Å². The van der Waals surface area contributed by atoms with Gasteiger partial charge in [-0.3, -0.25) is 0 Å². The predicted octanol–water partition coefficient (Wildman–Crippen LogP) is 2.13. The molecule has 0 aromatic heterocycles. The van der Waals surface area contributed by atoms with Crippen molar-refractivity contribution in [3.63, 3.8) is 0 Å². The monoisotopic (exact) mass is 290 g/mol. The van der Waals surface area contributed by atoms with E-state index in [0.717, 1.165) is 11.5 Å². The van der Waals surface area contributed by atoms with E-state index in [2.05, 4.69) is 11.8 Å². The molecule has 1 aliphatic rings. The summed E-state index contributed by atoms with van der Waals surface area (Å²) in [6, 6.07) is 9.96. The van der Waals surface area contributed by atoms with E-state index in [-0.39, 0.29) is 5.97 Å². The molecule has 1 fully saturated rings. The quantitative estimate of drug-likeness (QED) is 0.782. The second kappa shape index (κ2) is 6.58. The molecule has 0 radical (unpaired) electrons. The average molecular weight is 290 g/mol. The Hall–Kier alpha value is -1.39. The highest BCUT2D eigenvalue weighted by atomic mass is 16.5. The number of hydrogen-bond donors (Lipinski definition) is 1. The first-order valence-electron chi connectivity index (χ1n) is 7.71. The molecule has 0 aliphatic heterocycles. The second-order valence-corrected chi connectivity index (χ2v) is 6.05. The van der Waals surface area contributed by atoms with Gasteiger partial charge in [-0.2, -0.15) is 0 Å². The minimum absolute atomic E-state index is 0.340. The van der Waals surface area contributed by atoms with Gasteiger partial charge in [0.25, 0.3) is 0 Å². The van der Waals surface area contributed by atoms with Crippen molar-refractivity contribution in [2.24, 2.45) is 11.7 Å². The molecule has 4 heteroatoms. The molecule has 2 rings (SSSR count). The third-order valence-corrected chi connectivity index (χ3v) is 4.43. The van der Waals surface area contributed by atoms with Gasteiger partial charge < -0.3 is 15.4 Å². The Bertz CT molecular complexity index is 473. The summed E-state index contributed by atoms with van der Waals surface area (Å²) in [5.74, 6) is 0.378. The first kappa shape index (κ1) is 16.0. The standard InChI is InChI=1S/C17H26N2O2/c1-4-21-16(20)17(18,15-8-6-5-7-9-15)12-19(3)13(2)14-10-11-14/h5-9,13-14H,4,10-12,18H2,1-3H3. The van der Waals surface area contributed by atoms with Crippen LogP contribution in [0.5, 0.6) is 0 Å². The number of nitrogens with two attached hydrogens (primary N) is 1. The van der Waals surface area contributed by atoms with E-state index in [0.29, 0.717) is 19.2 Å². The van der Waals surface area contributed by atoms with E-state index < -0.39 is 5.54 Å². The molecular formula is C17H26N2O2. The van der Waals surface area contributed by atoms with E-state index in [1.807, 2.05) is 37.4 Å². The van der Waals surface area contributed by atoms with Gasteiger partial charge >= 0.3 is 5.97 Å². The fourth-order valence-electron chi connectivity index (χ4n) is 2.75. The number of carbonyl (C=O) groups excluding carboxylic acids is 1. The molecule has 4 nitrogen and oxygen atoms in total. The first-order valence-corrected chi connectivity index (χ1v) is 7.71. The van der Waals surface area contributed by atoms with Gasteiger partial charge in [-0.05, 0) is 45.2 Å². The molecule has 2 unspecified atom stereocenters. The van der Waals surface area contributed by atoms with Crippen LogP contribution in [0.1, 0.15) is 32.3 Å². The van der Waals surface area contributed by atoms with Gasteiger partial charge in [-0.15, -0.1) is 0 Å². The van der Waals surface area contributed by atoms with E-state index in [1.165, 1.54) is 12.8 Å². The van der Waals surface area contributed by atoms with Crippen LogP contribution in [0.3, 0.4) is 0 Å². The molecule has 1 aromatic carbocycles. The topological polar surface area (TPSA) is 55.6 Å². The third-order valence-electron chi connectivity index (χ3n) is 4.43. The largest absolute Gasteiger partial charge is 0.464 e. The van der Waals surface area contributed by atoms with E-state index in [1.54, 1.807) is 6.92 Å². The maximum Gasteiger partial charge on any atom is 0.332 e. The highest BCUT2D eigenvalue weighted by Gasteiger charge is 2.41. The summed E-state index contributed by atoms with van der Waals surface area (Å²) in [6.07, 6.45) is 2.54. The molecule has 1 aromatic rings. The molecule has 0 heterocycles. The van der Waals surface area contributed by atoms with E-state index in [4.69, 9.17) is 10.5 Å². The van der Waals surface area contributed by atoms with Crippen molar-refractivity contribution in [2.75, 3.05) is 20.2 Å². The summed E-state index contributed by atoms with van der Waals surface area (Å²) in [5, 5.41) is 0. The van der Waals surface area contributed by atoms with Gasteiger partial charge in [0.15, 0.2) is 5.54 Å². The summed E-state index contributed by atoms with van der Waals surface area (Å²) < 4.78 is 5.23. The van der Waals surface area contributed by atoms with Gasteiger partial charge in [-0.1, -0.05) is 30.3 Å². The Kier molecular flexibility index (Phi) is 5.01. The molecule has 2 N–H and O–H groups in total. The molecule has 0 amide bonds. The highest BCUT2D eigenvalue weighted by Crippen LogP contribution is 2.35. The number of hydrogen-bond acceptors (Lipinski definition) is 4. The Labute approximate surface area is 127 Å². The Balaban J connectivity index is 2.21. The van der Waals surface area contributed by atoms with Crippen LogP contribution in [-0.4, -0.2) is 37.1 Å². The van der Waals surface area contributed by atoms with Crippen molar-refractivity contribution in [3.05, 3.63) is 35.9 Å². The summed E-state index contributed by atoms with van der Waals surface area (Å²) in [7, 11) is 2.03. The lowest BCUT2D eigenvalue weighted by Gasteiger charge is -2.35. The van der Waals surface area contributed by atoms with Crippen molar-refractivity contribution in [2.45, 2.75) is 38.3 Å². The Morgan fingerprint density at radius 2 is 2.05 bits per heavy atom. The zero-order chi connectivity index (χ0) is 15.5. The van der Waals surface area contributed by atoms with Crippen LogP contribution >= 0.6 is 0 Å². The molecule has 1 saturated carbocycles. The maximum atomic E-state index is 12.4. The summed E-state index contributed by atoms with van der Waals surface area (Å²) >= 11 is 0. The average Bonchev–Trinajstić information content (AvgIpc) is 3.32. The van der Waals surface area contributed by atoms with Crippen LogP contribution in [0.4, 0.5) is 0 Å². The zero-order valence-electron chi connectivity index (χ0n) is 13.2. The van der Waals surface area contributed by atoms with Gasteiger partial charge in [-0.25, -0.2) is 4.79 Å². The second-order valence-electron chi connectivity index (χ2n) is 6.05. The molecule has 1 aliphatic carbocycles. The smallest absolute Gasteiger partial charge is 0.332 e. The van der Waals surface area contributed by atoms with Crippen LogP contribution < -0.4 is 5.73 Å². The number of carbonyl (C=O) groups is 1. The lowest BCUT2D eigenvalue weighted by molar-refractivity contribution is -0.151. The van der Waals surface area contributed by atoms with Gasteiger partial charge in [0.05, 0.1) is 6.61 Å². The zero-order valence-corrected chi connectivity index (χ0v) is 13.2. The first-order chi connectivity index (χ1) is 9.99. The van der Waals surface area contributed by atoms with Crippen LogP contribution in [0.2, 0.25) is 0 Å². The lowest BCUT2D eigenvalue weighted by Crippen LogP contribution is -2.55. The van der Waals surface area contributed by atoms with Crippen molar-refractivity contribution >= 4 is 5.97 Å². The molecule has 21 heavy (non-hydrogen) atoms. The number of rotatable bonds is 7. The Morgan fingerprint density at radius 1 is 1.43 bits per heavy atom. The fourth-order valence-corrected chi connectivity index (χ4v) is 2.75. The highest BCUT2D eigenvalue weighted by molar-refractivity contribution is 5.82. The number of benzene rings is 1. The summed E-state index contributed by atoms with van der Waals surface area (Å²) in [6.45, 7) is 4.81. The van der Waals surface area contributed by atoms with E-state index >= 15 is 0 Å². The summed E-state index contributed by atoms with van der Waals surface area (Å²) in [4.78, 5) is 14.6. The fraction of sp³-hybridized carbons (Fsp3) is 0.588. The summed E-state index contributed by atoms with van der Waals surface area (Å²) in [5.41, 5.74) is 6.18. The van der Waals surface area contributed by atoms with Crippen molar-refractivity contribution in [1.82, 2.24) is 4.90 Å². The van der Waals surface area contributed by atoms with Crippen molar-refractivity contribution in [1.29, 1.82) is 0 Å². The minimum Gasteiger partial charge on any atom is -0.464 e. The van der Waals surface area contributed by atoms with Crippen LogP contribution in [0.25, 0.3) is 0 Å². The molecule has 0 spiro atoms. The van der Waals surface area contributed by atoms with Gasteiger partial charge in [0, 0.05) is 12.6 Å². The molecule has 0 saturated heterocycles. The SMILES string of the molecule is CCOC(=O)C(N)(CN(C)C(C)C1CC1)c1ccccc1. The molecule has 2 atom stereocenters. The van der Waals surface area contributed by atoms with Gasteiger partial charge in [0.1, 0.15) is 0 Å². The number of ether oxygens (including phenoxy) is 1. The molecular weight excluding hydrogens is 264 g/mol. The molecule has 116 valence electrons. The van der Waals surface area contributed by atoms with E-state index in [9.17, 15) is 4.79 Å². The molecule has 0 bridgehead atoms. The lowest BCUT2D eigenvalue weighted by atomic mass is 9.89.